The van der Waals surface area contributed by atoms with E-state index in [-0.39, 0.29) is 80.8 Å². The Balaban J connectivity index is -0.0000000267. The maximum absolute atomic E-state index is 8.88. The van der Waals surface area contributed by atoms with Crippen molar-refractivity contribution in [2.45, 2.75) is 0 Å². The molecule has 0 aliphatic carbocycles. The van der Waals surface area contributed by atoms with E-state index < -0.39 is 7.82 Å². The molecule has 0 aromatic heterocycles. The molecule has 0 aliphatic rings. The number of phosphoric acid groups is 1. The van der Waals surface area contributed by atoms with Crippen LogP contribution in [0.2, 0.25) is 0 Å². The topological polar surface area (TPSA) is 77.8 Å². The number of rotatable bonds is 0. The number of hydrogen-bond donors (Lipinski definition) is 3. The summed E-state index contributed by atoms with van der Waals surface area (Å²) >= 11 is 0. The fourth-order valence-corrected chi connectivity index (χ4v) is 0. The van der Waals surface area contributed by atoms with Gasteiger partial charge in [-0.1, -0.05) is 0 Å². The van der Waals surface area contributed by atoms with Crippen molar-refractivity contribution in [2.75, 3.05) is 0 Å². The van der Waals surface area contributed by atoms with E-state index in [9.17, 15) is 0 Å². The smallest absolute Gasteiger partial charge is 0 e. The zero-order valence-electron chi connectivity index (χ0n) is 2.70. The van der Waals surface area contributed by atoms with Gasteiger partial charge in [0.2, 0.25) is 0 Å². The molecular formula is H5Na2O4PTi. The molecule has 0 unspecified atom stereocenters. The van der Waals surface area contributed by atoms with Crippen molar-refractivity contribution in [2.24, 2.45) is 0 Å². The van der Waals surface area contributed by atoms with Crippen LogP contribution in [0.1, 0.15) is 0 Å². The minimum Gasteiger partial charge on any atom is 0 e. The van der Waals surface area contributed by atoms with Gasteiger partial charge in [0.15, 0.2) is 0 Å². The summed E-state index contributed by atoms with van der Waals surface area (Å²) in [7, 11) is -4.64. The molecule has 0 spiro atoms. The van der Waals surface area contributed by atoms with Gasteiger partial charge in [-0.05, 0) is 0 Å². The SMILES string of the molecule is O=P(O)(O)O.[NaH].[NaH].[Ti]. The van der Waals surface area contributed by atoms with E-state index in [1.54, 1.807) is 0 Å². The second kappa shape index (κ2) is 9.82. The van der Waals surface area contributed by atoms with Crippen molar-refractivity contribution in [1.29, 1.82) is 0 Å². The monoisotopic (exact) mass is 194 g/mol. The third kappa shape index (κ3) is 67.7. The molecule has 3 N–H and O–H groups in total. The Kier molecular flexibility index (Phi) is 27.5. The second-order valence-electron chi connectivity index (χ2n) is 0.513. The zero-order chi connectivity index (χ0) is 4.50. The van der Waals surface area contributed by atoms with Crippen LogP contribution in [0, 0.1) is 0 Å². The van der Waals surface area contributed by atoms with Crippen molar-refractivity contribution in [3.8, 4) is 0 Å². The predicted octanol–water partition coefficient (Wildman–Crippen LogP) is -2.23. The molecule has 0 aromatic rings. The molecule has 4 nitrogen and oxygen atoms in total. The van der Waals surface area contributed by atoms with Crippen LogP contribution in [0.3, 0.4) is 0 Å². The number of hydrogen-bond acceptors (Lipinski definition) is 1. The Bertz CT molecular complexity index is 60.2. The average Bonchev–Trinajstić information content (AvgIpc) is 0.722. The van der Waals surface area contributed by atoms with Gasteiger partial charge in [0.05, 0.1) is 0 Å². The molecule has 40 valence electrons. The van der Waals surface area contributed by atoms with Gasteiger partial charge in [-0.15, -0.1) is 0 Å². The standard InChI is InChI=1S/2Na.H3O4P.Ti.2H/c;;1-5(2,3)4;;;/h;;(H3,1,2,3,4);;;. The first kappa shape index (κ1) is 22.4. The van der Waals surface area contributed by atoms with Gasteiger partial charge in [0.1, 0.15) is 0 Å². The van der Waals surface area contributed by atoms with Gasteiger partial charge in [0.25, 0.3) is 0 Å². The Morgan fingerprint density at radius 2 is 1.00 bits per heavy atom. The summed E-state index contributed by atoms with van der Waals surface area (Å²) in [6.07, 6.45) is 0. The molecule has 0 amide bonds. The summed E-state index contributed by atoms with van der Waals surface area (Å²) in [6.45, 7) is 0. The van der Waals surface area contributed by atoms with Crippen molar-refractivity contribution < 1.29 is 41.0 Å². The Morgan fingerprint density at radius 1 is 1.00 bits per heavy atom. The molecule has 0 aromatic carbocycles. The van der Waals surface area contributed by atoms with E-state index in [4.69, 9.17) is 19.2 Å². The Morgan fingerprint density at radius 3 is 1.00 bits per heavy atom. The largest absolute Gasteiger partial charge is 0 e. The van der Waals surface area contributed by atoms with Gasteiger partial charge in [-0.25, -0.2) is 4.57 Å². The molecule has 0 saturated heterocycles. The maximum Gasteiger partial charge on any atom is 0 e. The van der Waals surface area contributed by atoms with Crippen molar-refractivity contribution in [3.63, 3.8) is 0 Å². The third-order valence-electron chi connectivity index (χ3n) is 0. The summed E-state index contributed by atoms with van der Waals surface area (Å²) in [5, 5.41) is 0. The van der Waals surface area contributed by atoms with E-state index in [1.165, 1.54) is 0 Å². The fourth-order valence-electron chi connectivity index (χ4n) is 0. The van der Waals surface area contributed by atoms with E-state index in [0.717, 1.165) is 0 Å². The van der Waals surface area contributed by atoms with E-state index in [2.05, 4.69) is 0 Å². The molecule has 0 bridgehead atoms. The van der Waals surface area contributed by atoms with E-state index in [0.29, 0.717) is 0 Å². The minimum absolute atomic E-state index is 0. The predicted molar refractivity (Wildman–Crippen MR) is 28.6 cm³/mol. The van der Waals surface area contributed by atoms with Gasteiger partial charge in [0, 0.05) is 21.7 Å². The van der Waals surface area contributed by atoms with Crippen LogP contribution in [0.25, 0.3) is 0 Å². The fraction of sp³-hybridized carbons (Fsp3) is 0. The van der Waals surface area contributed by atoms with Crippen LogP contribution < -0.4 is 0 Å². The molecular weight excluding hydrogens is 189 g/mol. The molecule has 0 fully saturated rings. The summed E-state index contributed by atoms with van der Waals surface area (Å²) in [5.74, 6) is 0. The second-order valence-corrected chi connectivity index (χ2v) is 1.54. The average molecular weight is 194 g/mol. The van der Waals surface area contributed by atoms with Crippen LogP contribution >= 0.6 is 7.82 Å². The van der Waals surface area contributed by atoms with Gasteiger partial charge in [-0.3, -0.25) is 0 Å². The van der Waals surface area contributed by atoms with Crippen LogP contribution in [0.15, 0.2) is 0 Å². The molecule has 8 heavy (non-hydrogen) atoms. The molecule has 0 rings (SSSR count). The van der Waals surface area contributed by atoms with Gasteiger partial charge < -0.3 is 14.7 Å². The first-order valence-electron chi connectivity index (χ1n) is 0.783. The molecule has 0 saturated carbocycles. The molecule has 8 heteroatoms. The van der Waals surface area contributed by atoms with Crippen LogP contribution in [-0.2, 0) is 26.3 Å². The minimum atomic E-state index is -4.64. The normalized spacial score (nSPS) is 7.38. The third-order valence-corrected chi connectivity index (χ3v) is 0. The maximum atomic E-state index is 8.88. The van der Waals surface area contributed by atoms with Crippen LogP contribution in [0.5, 0.6) is 0 Å². The van der Waals surface area contributed by atoms with Gasteiger partial charge in [-0.2, -0.15) is 0 Å². The summed E-state index contributed by atoms with van der Waals surface area (Å²) in [6, 6.07) is 0. The van der Waals surface area contributed by atoms with Crippen LogP contribution in [0.4, 0.5) is 0 Å². The van der Waals surface area contributed by atoms with E-state index >= 15 is 0 Å². The quantitative estimate of drug-likeness (QED) is 0.301. The van der Waals surface area contributed by atoms with Crippen molar-refractivity contribution >= 4 is 66.9 Å². The van der Waals surface area contributed by atoms with Crippen molar-refractivity contribution in [3.05, 3.63) is 0 Å². The molecule has 0 heterocycles. The summed E-state index contributed by atoms with van der Waals surface area (Å²) < 4.78 is 8.88. The molecule has 0 radical (unpaired) electrons. The van der Waals surface area contributed by atoms with Gasteiger partial charge >= 0.3 is 66.9 Å². The van der Waals surface area contributed by atoms with Crippen LogP contribution in [-0.4, -0.2) is 73.8 Å². The molecule has 0 atom stereocenters. The summed E-state index contributed by atoms with van der Waals surface area (Å²) in [5.41, 5.74) is 0. The Hall–Kier alpha value is 2.82. The Labute approximate surface area is 106 Å². The van der Waals surface area contributed by atoms with E-state index in [1.807, 2.05) is 0 Å². The summed E-state index contributed by atoms with van der Waals surface area (Å²) in [4.78, 5) is 21.6. The van der Waals surface area contributed by atoms with Crippen molar-refractivity contribution in [1.82, 2.24) is 0 Å². The molecule has 0 aliphatic heterocycles. The first-order chi connectivity index (χ1) is 2.00. The first-order valence-corrected chi connectivity index (χ1v) is 2.35. The zero-order valence-corrected chi connectivity index (χ0v) is 5.15.